The maximum atomic E-state index is 12.4. The van der Waals surface area contributed by atoms with Gasteiger partial charge in [0, 0.05) is 6.54 Å². The molecule has 6 nitrogen and oxygen atoms in total. The molecule has 1 heterocycles. The second-order valence-corrected chi connectivity index (χ2v) is 6.80. The average Bonchev–Trinajstić information content (AvgIpc) is 2.96. The van der Waals surface area contributed by atoms with E-state index in [9.17, 15) is 9.59 Å². The van der Waals surface area contributed by atoms with Crippen LogP contribution in [0.4, 0.5) is 4.79 Å². The van der Waals surface area contributed by atoms with E-state index in [1.165, 1.54) is 4.90 Å². The standard InChI is InChI=1S/C18H22N2O4/c1-18(2,3)24-17(22)20-11-14(10-19)9-15(20)16(21)23-12-13-7-5-4-6-8-13/h4-8,14-15H,9,11-12H2,1-3H3/t14-,15+/m1/s1. The molecule has 0 unspecified atom stereocenters. The van der Waals surface area contributed by atoms with E-state index in [0.29, 0.717) is 0 Å². The summed E-state index contributed by atoms with van der Waals surface area (Å²) in [5.41, 5.74) is 0.199. The fraction of sp³-hybridized carbons (Fsp3) is 0.500. The third kappa shape index (κ3) is 4.72. The smallest absolute Gasteiger partial charge is 0.411 e. The Hall–Kier alpha value is -2.55. The molecular formula is C18H22N2O4. The molecule has 1 aliphatic rings. The van der Waals surface area contributed by atoms with Gasteiger partial charge in [0.2, 0.25) is 0 Å². The van der Waals surface area contributed by atoms with Gasteiger partial charge in [0.1, 0.15) is 18.2 Å². The molecule has 24 heavy (non-hydrogen) atoms. The molecular weight excluding hydrogens is 308 g/mol. The van der Waals surface area contributed by atoms with Crippen molar-refractivity contribution in [2.24, 2.45) is 5.92 Å². The first-order valence-corrected chi connectivity index (χ1v) is 7.90. The van der Waals surface area contributed by atoms with Crippen molar-refractivity contribution in [1.82, 2.24) is 4.90 Å². The predicted octanol–water partition coefficient (Wildman–Crippen LogP) is 2.88. The molecule has 1 aromatic rings. The number of amides is 1. The highest BCUT2D eigenvalue weighted by Gasteiger charge is 2.42. The van der Waals surface area contributed by atoms with Crippen molar-refractivity contribution in [3.05, 3.63) is 35.9 Å². The largest absolute Gasteiger partial charge is 0.459 e. The van der Waals surface area contributed by atoms with Crippen LogP contribution in [0.2, 0.25) is 0 Å². The molecule has 1 amide bonds. The van der Waals surface area contributed by atoms with Crippen LogP contribution in [0.15, 0.2) is 30.3 Å². The maximum absolute atomic E-state index is 12.4. The lowest BCUT2D eigenvalue weighted by atomic mass is 10.1. The number of ether oxygens (including phenoxy) is 2. The van der Waals surface area contributed by atoms with Crippen LogP contribution < -0.4 is 0 Å². The Morgan fingerprint density at radius 1 is 1.29 bits per heavy atom. The quantitative estimate of drug-likeness (QED) is 0.796. The molecule has 1 aromatic carbocycles. The Bertz CT molecular complexity index is 631. The summed E-state index contributed by atoms with van der Waals surface area (Å²) in [7, 11) is 0. The number of hydrogen-bond acceptors (Lipinski definition) is 5. The van der Waals surface area contributed by atoms with Crippen LogP contribution in [-0.4, -0.2) is 35.2 Å². The van der Waals surface area contributed by atoms with Gasteiger partial charge in [-0.15, -0.1) is 0 Å². The van der Waals surface area contributed by atoms with Crippen molar-refractivity contribution in [3.63, 3.8) is 0 Å². The predicted molar refractivity (Wildman–Crippen MR) is 86.7 cm³/mol. The fourth-order valence-electron chi connectivity index (χ4n) is 2.50. The molecule has 0 spiro atoms. The molecule has 1 saturated heterocycles. The van der Waals surface area contributed by atoms with Crippen molar-refractivity contribution >= 4 is 12.1 Å². The summed E-state index contributed by atoms with van der Waals surface area (Å²) in [5.74, 6) is -0.908. The van der Waals surface area contributed by atoms with Crippen LogP contribution in [0, 0.1) is 17.2 Å². The van der Waals surface area contributed by atoms with Gasteiger partial charge < -0.3 is 9.47 Å². The lowest BCUT2D eigenvalue weighted by molar-refractivity contribution is -0.150. The highest BCUT2D eigenvalue weighted by atomic mass is 16.6. The lowest BCUT2D eigenvalue weighted by Gasteiger charge is -2.27. The third-order valence-corrected chi connectivity index (χ3v) is 3.61. The van der Waals surface area contributed by atoms with Gasteiger partial charge in [-0.2, -0.15) is 5.26 Å². The maximum Gasteiger partial charge on any atom is 0.411 e. The zero-order valence-electron chi connectivity index (χ0n) is 14.2. The number of hydrogen-bond donors (Lipinski definition) is 0. The van der Waals surface area contributed by atoms with Gasteiger partial charge >= 0.3 is 12.1 Å². The normalized spacial score (nSPS) is 20.3. The Balaban J connectivity index is 2.03. The first kappa shape index (κ1) is 17.8. The summed E-state index contributed by atoms with van der Waals surface area (Å²) in [5, 5.41) is 9.12. The Morgan fingerprint density at radius 3 is 2.54 bits per heavy atom. The molecule has 0 aliphatic carbocycles. The van der Waals surface area contributed by atoms with E-state index in [2.05, 4.69) is 6.07 Å². The van der Waals surface area contributed by atoms with E-state index in [4.69, 9.17) is 14.7 Å². The summed E-state index contributed by atoms with van der Waals surface area (Å²) in [6.45, 7) is 5.58. The van der Waals surface area contributed by atoms with Crippen LogP contribution in [0.3, 0.4) is 0 Å². The minimum Gasteiger partial charge on any atom is -0.459 e. The molecule has 0 radical (unpaired) electrons. The van der Waals surface area contributed by atoms with Crippen LogP contribution in [0.1, 0.15) is 32.8 Å². The summed E-state index contributed by atoms with van der Waals surface area (Å²) >= 11 is 0. The van der Waals surface area contributed by atoms with E-state index >= 15 is 0 Å². The second kappa shape index (κ2) is 7.35. The van der Waals surface area contributed by atoms with Gasteiger partial charge in [-0.25, -0.2) is 9.59 Å². The number of rotatable bonds is 3. The zero-order chi connectivity index (χ0) is 17.7. The zero-order valence-corrected chi connectivity index (χ0v) is 14.2. The SMILES string of the molecule is CC(C)(C)OC(=O)N1C[C@@H](C#N)C[C@H]1C(=O)OCc1ccccc1. The van der Waals surface area contributed by atoms with Gasteiger partial charge in [-0.05, 0) is 32.8 Å². The molecule has 0 N–H and O–H groups in total. The number of nitriles is 1. The van der Waals surface area contributed by atoms with Gasteiger partial charge in [0.25, 0.3) is 0 Å². The van der Waals surface area contributed by atoms with Crippen molar-refractivity contribution in [1.29, 1.82) is 5.26 Å². The third-order valence-electron chi connectivity index (χ3n) is 3.61. The van der Waals surface area contributed by atoms with Crippen LogP contribution >= 0.6 is 0 Å². The fourth-order valence-corrected chi connectivity index (χ4v) is 2.50. The van der Waals surface area contributed by atoms with Crippen LogP contribution in [-0.2, 0) is 20.9 Å². The van der Waals surface area contributed by atoms with Crippen LogP contribution in [0.25, 0.3) is 0 Å². The van der Waals surface area contributed by atoms with E-state index in [1.54, 1.807) is 20.8 Å². The van der Waals surface area contributed by atoms with Gasteiger partial charge in [0.05, 0.1) is 12.0 Å². The number of carbonyl (C=O) groups excluding carboxylic acids is 2. The number of likely N-dealkylation sites (tertiary alicyclic amines) is 1. The minimum absolute atomic E-state index is 0.134. The highest BCUT2D eigenvalue weighted by Crippen LogP contribution is 2.26. The van der Waals surface area contributed by atoms with E-state index < -0.39 is 29.6 Å². The Labute approximate surface area is 142 Å². The summed E-state index contributed by atoms with van der Waals surface area (Å²) in [4.78, 5) is 26.0. The number of nitrogens with zero attached hydrogens (tertiary/aromatic N) is 2. The average molecular weight is 330 g/mol. The molecule has 6 heteroatoms. The second-order valence-electron chi connectivity index (χ2n) is 6.80. The Morgan fingerprint density at radius 2 is 1.96 bits per heavy atom. The first-order valence-electron chi connectivity index (χ1n) is 7.90. The van der Waals surface area contributed by atoms with Crippen molar-refractivity contribution in [3.8, 4) is 6.07 Å². The minimum atomic E-state index is -0.784. The number of carbonyl (C=O) groups is 2. The van der Waals surface area contributed by atoms with Crippen molar-refractivity contribution in [2.45, 2.75) is 45.4 Å². The van der Waals surface area contributed by atoms with Gasteiger partial charge in [-0.1, -0.05) is 30.3 Å². The monoisotopic (exact) mass is 330 g/mol. The highest BCUT2D eigenvalue weighted by molar-refractivity contribution is 5.82. The molecule has 128 valence electrons. The molecule has 0 saturated carbocycles. The topological polar surface area (TPSA) is 79.6 Å². The first-order chi connectivity index (χ1) is 11.3. The van der Waals surface area contributed by atoms with Gasteiger partial charge in [-0.3, -0.25) is 4.90 Å². The molecule has 2 atom stereocenters. The Kier molecular flexibility index (Phi) is 5.45. The van der Waals surface area contributed by atoms with E-state index in [1.807, 2.05) is 30.3 Å². The summed E-state index contributed by atoms with van der Waals surface area (Å²) in [6, 6.07) is 10.6. The number of benzene rings is 1. The van der Waals surface area contributed by atoms with Crippen molar-refractivity contribution < 1.29 is 19.1 Å². The molecule has 0 bridgehead atoms. The summed E-state index contributed by atoms with van der Waals surface area (Å²) < 4.78 is 10.6. The van der Waals surface area contributed by atoms with E-state index in [-0.39, 0.29) is 19.6 Å². The van der Waals surface area contributed by atoms with E-state index in [0.717, 1.165) is 5.56 Å². The van der Waals surface area contributed by atoms with Crippen LogP contribution in [0.5, 0.6) is 0 Å². The molecule has 2 rings (SSSR count). The lowest BCUT2D eigenvalue weighted by Crippen LogP contribution is -2.44. The van der Waals surface area contributed by atoms with Gasteiger partial charge in [0.15, 0.2) is 0 Å². The molecule has 1 aliphatic heterocycles. The molecule has 1 fully saturated rings. The summed E-state index contributed by atoms with van der Waals surface area (Å²) in [6.07, 6.45) is -0.328. The molecule has 0 aromatic heterocycles. The van der Waals surface area contributed by atoms with Crippen molar-refractivity contribution in [2.75, 3.05) is 6.54 Å². The number of esters is 1.